The van der Waals surface area contributed by atoms with Gasteiger partial charge in [-0.25, -0.2) is 13.1 Å². The zero-order valence-corrected chi connectivity index (χ0v) is 13.7. The Labute approximate surface area is 139 Å². The third-order valence-electron chi connectivity index (χ3n) is 3.46. The maximum atomic E-state index is 11.9. The third kappa shape index (κ3) is 4.19. The van der Waals surface area contributed by atoms with Gasteiger partial charge in [-0.2, -0.15) is 5.10 Å². The summed E-state index contributed by atoms with van der Waals surface area (Å²) in [6.45, 7) is 3.56. The number of aromatic nitrogens is 3. The lowest BCUT2D eigenvalue weighted by atomic mass is 10.3. The number of morpholine rings is 1. The standard InChI is InChI=1S/C13H18N6O4S/c20-24(21,12-9-16-23-10-12)17-2-1-14-13-7-11(8-15-18-13)19-3-5-22-6-4-19/h7-10,17H,1-6H2,(H,14,18). The van der Waals surface area contributed by atoms with Crippen molar-refractivity contribution in [1.29, 1.82) is 0 Å². The van der Waals surface area contributed by atoms with Gasteiger partial charge in [0.2, 0.25) is 10.0 Å². The van der Waals surface area contributed by atoms with Gasteiger partial charge in [-0.1, -0.05) is 5.16 Å². The SMILES string of the molecule is O=S(=O)(NCCNc1cc(N2CCOCC2)cnn1)c1cnoc1. The van der Waals surface area contributed by atoms with Crippen molar-refractivity contribution in [3.8, 4) is 0 Å². The van der Waals surface area contributed by atoms with Crippen molar-refractivity contribution in [1.82, 2.24) is 20.1 Å². The van der Waals surface area contributed by atoms with Crippen molar-refractivity contribution in [3.63, 3.8) is 0 Å². The molecule has 3 heterocycles. The zero-order valence-electron chi connectivity index (χ0n) is 12.9. The average Bonchev–Trinajstić information content (AvgIpc) is 3.16. The molecule has 1 aliphatic heterocycles. The van der Waals surface area contributed by atoms with Crippen LogP contribution in [0.3, 0.4) is 0 Å². The number of nitrogens with one attached hydrogen (secondary N) is 2. The molecule has 24 heavy (non-hydrogen) atoms. The zero-order chi connectivity index (χ0) is 16.8. The van der Waals surface area contributed by atoms with Gasteiger partial charge < -0.3 is 19.5 Å². The van der Waals surface area contributed by atoms with E-state index >= 15 is 0 Å². The Morgan fingerprint density at radius 1 is 1.21 bits per heavy atom. The molecule has 130 valence electrons. The largest absolute Gasteiger partial charge is 0.378 e. The first-order valence-electron chi connectivity index (χ1n) is 7.43. The summed E-state index contributed by atoms with van der Waals surface area (Å²) in [5, 5.41) is 14.4. The second-order valence-electron chi connectivity index (χ2n) is 5.08. The predicted octanol–water partition coefficient (Wildman–Crippen LogP) is -0.308. The van der Waals surface area contributed by atoms with Gasteiger partial charge in [-0.15, -0.1) is 5.10 Å². The molecule has 0 amide bonds. The summed E-state index contributed by atoms with van der Waals surface area (Å²) in [5.74, 6) is 0.586. The Balaban J connectivity index is 1.50. The minimum atomic E-state index is -3.60. The van der Waals surface area contributed by atoms with Crippen molar-refractivity contribution in [3.05, 3.63) is 24.7 Å². The molecular formula is C13H18N6O4S. The highest BCUT2D eigenvalue weighted by molar-refractivity contribution is 7.89. The van der Waals surface area contributed by atoms with E-state index in [0.717, 1.165) is 31.2 Å². The van der Waals surface area contributed by atoms with Gasteiger partial charge in [0.15, 0.2) is 5.82 Å². The third-order valence-corrected chi connectivity index (χ3v) is 4.87. The minimum Gasteiger partial charge on any atom is -0.378 e. The number of ether oxygens (including phenoxy) is 1. The molecule has 1 saturated heterocycles. The van der Waals surface area contributed by atoms with Gasteiger partial charge in [-0.3, -0.25) is 0 Å². The number of sulfonamides is 1. The van der Waals surface area contributed by atoms with Gasteiger partial charge in [0.1, 0.15) is 11.2 Å². The van der Waals surface area contributed by atoms with Crippen LogP contribution in [0.2, 0.25) is 0 Å². The minimum absolute atomic E-state index is 0.00314. The summed E-state index contributed by atoms with van der Waals surface area (Å²) in [7, 11) is -3.60. The van der Waals surface area contributed by atoms with Crippen molar-refractivity contribution in [2.24, 2.45) is 0 Å². The van der Waals surface area contributed by atoms with Gasteiger partial charge in [0.05, 0.1) is 31.3 Å². The molecule has 11 heteroatoms. The van der Waals surface area contributed by atoms with Crippen LogP contribution in [0.4, 0.5) is 11.5 Å². The lowest BCUT2D eigenvalue weighted by molar-refractivity contribution is 0.122. The topological polar surface area (TPSA) is 122 Å². The van der Waals surface area contributed by atoms with Crippen molar-refractivity contribution in [2.45, 2.75) is 4.90 Å². The Kier molecular flexibility index (Phi) is 5.23. The number of hydrogen-bond acceptors (Lipinski definition) is 9. The molecule has 2 N–H and O–H groups in total. The Morgan fingerprint density at radius 3 is 2.79 bits per heavy atom. The van der Waals surface area contributed by atoms with E-state index in [1.807, 2.05) is 6.07 Å². The van der Waals surface area contributed by atoms with Crippen molar-refractivity contribution in [2.75, 3.05) is 49.6 Å². The van der Waals surface area contributed by atoms with Crippen LogP contribution in [-0.2, 0) is 14.8 Å². The second-order valence-corrected chi connectivity index (χ2v) is 6.85. The fourth-order valence-corrected chi connectivity index (χ4v) is 3.11. The molecule has 2 aromatic heterocycles. The fourth-order valence-electron chi connectivity index (χ4n) is 2.22. The summed E-state index contributed by atoms with van der Waals surface area (Å²) in [5.41, 5.74) is 0.959. The van der Waals surface area contributed by atoms with E-state index in [9.17, 15) is 8.42 Å². The van der Waals surface area contributed by atoms with Crippen LogP contribution < -0.4 is 14.9 Å². The normalized spacial score (nSPS) is 15.4. The van der Waals surface area contributed by atoms with Crippen LogP contribution in [0.15, 0.2) is 34.1 Å². The molecule has 0 saturated carbocycles. The van der Waals surface area contributed by atoms with Gasteiger partial charge in [0.25, 0.3) is 0 Å². The van der Waals surface area contributed by atoms with Gasteiger partial charge >= 0.3 is 0 Å². The molecule has 1 aliphatic rings. The molecule has 0 aliphatic carbocycles. The van der Waals surface area contributed by atoms with Gasteiger partial charge in [0, 0.05) is 32.2 Å². The Hall–Kier alpha value is -2.24. The van der Waals surface area contributed by atoms with E-state index in [4.69, 9.17) is 4.74 Å². The van der Waals surface area contributed by atoms with E-state index in [-0.39, 0.29) is 11.4 Å². The van der Waals surface area contributed by atoms with E-state index < -0.39 is 10.0 Å². The monoisotopic (exact) mass is 354 g/mol. The molecule has 0 unspecified atom stereocenters. The molecule has 0 atom stereocenters. The number of hydrogen-bond donors (Lipinski definition) is 2. The Morgan fingerprint density at radius 2 is 2.04 bits per heavy atom. The summed E-state index contributed by atoms with van der Waals surface area (Å²) >= 11 is 0. The Bertz CT molecular complexity index is 746. The van der Waals surface area contributed by atoms with Crippen LogP contribution in [0.5, 0.6) is 0 Å². The number of anilines is 2. The number of rotatable bonds is 7. The maximum Gasteiger partial charge on any atom is 0.245 e. The average molecular weight is 354 g/mol. The number of nitrogens with zero attached hydrogens (tertiary/aromatic N) is 4. The maximum absolute atomic E-state index is 11.9. The molecule has 0 aromatic carbocycles. The lowest BCUT2D eigenvalue weighted by Crippen LogP contribution is -2.36. The van der Waals surface area contributed by atoms with Crippen molar-refractivity contribution < 1.29 is 17.7 Å². The fraction of sp³-hybridized carbons (Fsp3) is 0.462. The smallest absolute Gasteiger partial charge is 0.245 e. The molecule has 3 rings (SSSR count). The van der Waals surface area contributed by atoms with E-state index in [2.05, 4.69) is 34.8 Å². The molecule has 0 radical (unpaired) electrons. The van der Waals surface area contributed by atoms with E-state index in [1.165, 1.54) is 0 Å². The van der Waals surface area contributed by atoms with E-state index in [1.54, 1.807) is 6.20 Å². The van der Waals surface area contributed by atoms with Gasteiger partial charge in [-0.05, 0) is 0 Å². The predicted molar refractivity (Wildman–Crippen MR) is 85.2 cm³/mol. The van der Waals surface area contributed by atoms with E-state index in [0.29, 0.717) is 25.6 Å². The first-order chi connectivity index (χ1) is 11.6. The lowest BCUT2D eigenvalue weighted by Gasteiger charge is -2.28. The highest BCUT2D eigenvalue weighted by Gasteiger charge is 2.15. The highest BCUT2D eigenvalue weighted by Crippen LogP contribution is 2.16. The van der Waals surface area contributed by atoms with Crippen LogP contribution in [0.1, 0.15) is 0 Å². The first kappa shape index (κ1) is 16.6. The molecule has 10 nitrogen and oxygen atoms in total. The van der Waals surface area contributed by atoms with Crippen LogP contribution in [0.25, 0.3) is 0 Å². The molecule has 2 aromatic rings. The summed E-state index contributed by atoms with van der Waals surface area (Å²) in [6.07, 6.45) is 3.92. The van der Waals surface area contributed by atoms with Crippen LogP contribution >= 0.6 is 0 Å². The van der Waals surface area contributed by atoms with Crippen LogP contribution in [-0.4, -0.2) is 63.2 Å². The van der Waals surface area contributed by atoms with Crippen LogP contribution in [0, 0.1) is 0 Å². The van der Waals surface area contributed by atoms with Crippen molar-refractivity contribution >= 4 is 21.5 Å². The quantitative estimate of drug-likeness (QED) is 0.645. The summed E-state index contributed by atoms with van der Waals surface area (Å²) in [6, 6.07) is 1.88. The summed E-state index contributed by atoms with van der Waals surface area (Å²) in [4.78, 5) is 2.16. The molecule has 1 fully saturated rings. The summed E-state index contributed by atoms with van der Waals surface area (Å²) < 4.78 is 36.1. The highest BCUT2D eigenvalue weighted by atomic mass is 32.2. The molecular weight excluding hydrogens is 336 g/mol. The second kappa shape index (κ2) is 7.55. The molecule has 0 bridgehead atoms. The first-order valence-corrected chi connectivity index (χ1v) is 8.92. The molecule has 0 spiro atoms.